The molecule has 6 nitrogen and oxygen atoms in total. The second kappa shape index (κ2) is 7.81. The van der Waals surface area contributed by atoms with Crippen LogP contribution in [0.15, 0.2) is 36.5 Å². The number of hydrogen-bond acceptors (Lipinski definition) is 6. The minimum atomic E-state index is 0.889. The summed E-state index contributed by atoms with van der Waals surface area (Å²) in [4.78, 5) is 16.5. The highest BCUT2D eigenvalue weighted by Gasteiger charge is 2.20. The first-order valence-corrected chi connectivity index (χ1v) is 9.55. The van der Waals surface area contributed by atoms with Crippen LogP contribution in [0, 0.1) is 0 Å². The van der Waals surface area contributed by atoms with Crippen molar-refractivity contribution in [3.8, 4) is 5.75 Å². The summed E-state index contributed by atoms with van der Waals surface area (Å²) in [5.74, 6) is 2.84. The molecule has 4 rings (SSSR count). The lowest BCUT2D eigenvalue weighted by atomic mass is 10.1. The molecule has 0 radical (unpaired) electrons. The normalized spacial score (nSPS) is 18.1. The van der Waals surface area contributed by atoms with Crippen LogP contribution in [0.3, 0.4) is 0 Å². The maximum atomic E-state index is 5.25. The molecule has 3 heterocycles. The lowest BCUT2D eigenvalue weighted by Gasteiger charge is -2.37. The van der Waals surface area contributed by atoms with E-state index in [4.69, 9.17) is 9.72 Å². The molecule has 2 aliphatic heterocycles. The van der Waals surface area contributed by atoms with Crippen LogP contribution in [-0.4, -0.2) is 56.3 Å². The smallest absolute Gasteiger partial charge is 0.227 e. The number of ether oxygens (including phenoxy) is 1. The summed E-state index contributed by atoms with van der Waals surface area (Å²) in [5.41, 5.74) is 1.25. The fraction of sp³-hybridized carbons (Fsp3) is 0.500. The Hall–Kier alpha value is -2.50. The Balaban J connectivity index is 1.39. The molecule has 0 saturated carbocycles. The van der Waals surface area contributed by atoms with E-state index in [9.17, 15) is 0 Å². The summed E-state index contributed by atoms with van der Waals surface area (Å²) in [5, 5.41) is 0. The van der Waals surface area contributed by atoms with Gasteiger partial charge in [0.15, 0.2) is 0 Å². The number of hydrogen-bond donors (Lipinski definition) is 0. The highest BCUT2D eigenvalue weighted by atomic mass is 16.5. The molecule has 0 amide bonds. The highest BCUT2D eigenvalue weighted by molar-refractivity contribution is 5.52. The minimum Gasteiger partial charge on any atom is -0.497 e. The molecular weight excluding hydrogens is 326 g/mol. The Morgan fingerprint density at radius 1 is 0.769 bits per heavy atom. The Morgan fingerprint density at radius 2 is 1.46 bits per heavy atom. The topological polar surface area (TPSA) is 44.7 Å². The summed E-state index contributed by atoms with van der Waals surface area (Å²) in [6.07, 6.45) is 5.72. The largest absolute Gasteiger partial charge is 0.497 e. The van der Waals surface area contributed by atoms with Gasteiger partial charge in [0, 0.05) is 51.2 Å². The zero-order valence-electron chi connectivity index (χ0n) is 15.5. The Kier molecular flexibility index (Phi) is 5.09. The number of piperazine rings is 1. The fourth-order valence-electron chi connectivity index (χ4n) is 3.75. The van der Waals surface area contributed by atoms with E-state index in [-0.39, 0.29) is 0 Å². The van der Waals surface area contributed by atoms with Crippen LogP contribution in [0.2, 0.25) is 0 Å². The van der Waals surface area contributed by atoms with E-state index >= 15 is 0 Å². The second-order valence-corrected chi connectivity index (χ2v) is 6.93. The summed E-state index contributed by atoms with van der Waals surface area (Å²) < 4.78 is 5.25. The Labute approximate surface area is 155 Å². The van der Waals surface area contributed by atoms with E-state index < -0.39 is 0 Å². The molecule has 0 N–H and O–H groups in total. The van der Waals surface area contributed by atoms with Crippen molar-refractivity contribution in [3.63, 3.8) is 0 Å². The van der Waals surface area contributed by atoms with Crippen molar-refractivity contribution in [1.29, 1.82) is 0 Å². The molecule has 0 atom stereocenters. The second-order valence-electron chi connectivity index (χ2n) is 6.93. The lowest BCUT2D eigenvalue weighted by molar-refractivity contribution is 0.415. The Morgan fingerprint density at radius 3 is 2.15 bits per heavy atom. The van der Waals surface area contributed by atoms with Gasteiger partial charge in [0.2, 0.25) is 5.95 Å². The van der Waals surface area contributed by atoms with Crippen LogP contribution < -0.4 is 19.4 Å². The molecular formula is C20H27N5O. The van der Waals surface area contributed by atoms with Crippen LogP contribution in [0.5, 0.6) is 5.75 Å². The molecule has 6 heteroatoms. The van der Waals surface area contributed by atoms with Gasteiger partial charge >= 0.3 is 0 Å². The van der Waals surface area contributed by atoms with E-state index in [1.807, 2.05) is 24.4 Å². The van der Waals surface area contributed by atoms with E-state index in [1.165, 1.54) is 24.9 Å². The standard InChI is InChI=1S/C20H27N5O/c1-26-18-7-5-17(6-8-18)23-13-15-24(16-14-23)19-9-10-21-20(22-19)25-11-3-2-4-12-25/h5-10H,2-4,11-16H2,1H3. The van der Waals surface area contributed by atoms with Gasteiger partial charge in [0.05, 0.1) is 7.11 Å². The molecule has 2 aromatic rings. The van der Waals surface area contributed by atoms with Gasteiger partial charge in [-0.1, -0.05) is 0 Å². The van der Waals surface area contributed by atoms with Crippen LogP contribution in [0.1, 0.15) is 19.3 Å². The molecule has 0 spiro atoms. The number of rotatable bonds is 4. The monoisotopic (exact) mass is 353 g/mol. The van der Waals surface area contributed by atoms with Gasteiger partial charge in [0.25, 0.3) is 0 Å². The van der Waals surface area contributed by atoms with E-state index in [0.29, 0.717) is 0 Å². The number of benzene rings is 1. The van der Waals surface area contributed by atoms with Crippen molar-refractivity contribution < 1.29 is 4.74 Å². The maximum absolute atomic E-state index is 5.25. The van der Waals surface area contributed by atoms with Gasteiger partial charge < -0.3 is 19.4 Å². The first-order chi connectivity index (χ1) is 12.8. The van der Waals surface area contributed by atoms with Gasteiger partial charge in [0.1, 0.15) is 11.6 Å². The van der Waals surface area contributed by atoms with E-state index in [2.05, 4.69) is 31.8 Å². The highest BCUT2D eigenvalue weighted by Crippen LogP contribution is 2.23. The average Bonchev–Trinajstić information content (AvgIpc) is 2.75. The van der Waals surface area contributed by atoms with Gasteiger partial charge in [-0.25, -0.2) is 4.98 Å². The summed E-state index contributed by atoms with van der Waals surface area (Å²) >= 11 is 0. The minimum absolute atomic E-state index is 0.889. The zero-order chi connectivity index (χ0) is 17.8. The molecule has 138 valence electrons. The third-order valence-corrected chi connectivity index (χ3v) is 5.31. The van der Waals surface area contributed by atoms with Crippen LogP contribution >= 0.6 is 0 Å². The van der Waals surface area contributed by atoms with Crippen molar-refractivity contribution in [2.75, 3.05) is 61.1 Å². The van der Waals surface area contributed by atoms with Crippen LogP contribution in [0.4, 0.5) is 17.5 Å². The number of anilines is 3. The van der Waals surface area contributed by atoms with Gasteiger partial charge in [-0.2, -0.15) is 4.98 Å². The van der Waals surface area contributed by atoms with Crippen molar-refractivity contribution in [2.24, 2.45) is 0 Å². The maximum Gasteiger partial charge on any atom is 0.227 e. The van der Waals surface area contributed by atoms with E-state index in [0.717, 1.165) is 56.8 Å². The number of piperidine rings is 1. The van der Waals surface area contributed by atoms with Crippen molar-refractivity contribution in [1.82, 2.24) is 9.97 Å². The number of methoxy groups -OCH3 is 1. The molecule has 0 unspecified atom stereocenters. The van der Waals surface area contributed by atoms with Gasteiger partial charge in [-0.3, -0.25) is 0 Å². The molecule has 2 fully saturated rings. The van der Waals surface area contributed by atoms with Gasteiger partial charge in [-0.15, -0.1) is 0 Å². The SMILES string of the molecule is COc1ccc(N2CCN(c3ccnc(N4CCCCC4)n3)CC2)cc1. The van der Waals surface area contributed by atoms with E-state index in [1.54, 1.807) is 7.11 Å². The molecule has 26 heavy (non-hydrogen) atoms. The van der Waals surface area contributed by atoms with Crippen molar-refractivity contribution >= 4 is 17.5 Å². The summed E-state index contributed by atoms with van der Waals surface area (Å²) in [6, 6.07) is 10.4. The molecule has 2 aliphatic rings. The quantitative estimate of drug-likeness (QED) is 0.842. The molecule has 1 aromatic carbocycles. The molecule has 2 saturated heterocycles. The lowest BCUT2D eigenvalue weighted by Crippen LogP contribution is -2.47. The molecule has 0 aliphatic carbocycles. The first kappa shape index (κ1) is 16.9. The predicted octanol–water partition coefficient (Wildman–Crippen LogP) is 2.80. The third kappa shape index (κ3) is 3.69. The summed E-state index contributed by atoms with van der Waals surface area (Å²) in [6.45, 7) is 6.10. The Bertz CT molecular complexity index is 706. The fourth-order valence-corrected chi connectivity index (χ4v) is 3.75. The van der Waals surface area contributed by atoms with Crippen LogP contribution in [-0.2, 0) is 0 Å². The van der Waals surface area contributed by atoms with Gasteiger partial charge in [-0.05, 0) is 49.6 Å². The summed E-state index contributed by atoms with van der Waals surface area (Å²) in [7, 11) is 1.70. The third-order valence-electron chi connectivity index (χ3n) is 5.31. The van der Waals surface area contributed by atoms with Crippen LogP contribution in [0.25, 0.3) is 0 Å². The number of nitrogens with zero attached hydrogens (tertiary/aromatic N) is 5. The predicted molar refractivity (Wildman–Crippen MR) is 106 cm³/mol. The zero-order valence-corrected chi connectivity index (χ0v) is 15.5. The molecule has 1 aromatic heterocycles. The van der Waals surface area contributed by atoms with Crippen molar-refractivity contribution in [3.05, 3.63) is 36.5 Å². The number of aromatic nitrogens is 2. The average molecular weight is 353 g/mol. The first-order valence-electron chi connectivity index (χ1n) is 9.55. The van der Waals surface area contributed by atoms with Crippen molar-refractivity contribution in [2.45, 2.75) is 19.3 Å². The molecule has 0 bridgehead atoms.